The molecule has 1 aromatic carbocycles. The lowest BCUT2D eigenvalue weighted by molar-refractivity contribution is 0.233. The van der Waals surface area contributed by atoms with Gasteiger partial charge in [-0.05, 0) is 39.0 Å². The fourth-order valence-electron chi connectivity index (χ4n) is 1.22. The number of nitrogens with one attached hydrogen (secondary N) is 2. The van der Waals surface area contributed by atoms with Gasteiger partial charge in [0.2, 0.25) is 0 Å². The molecule has 0 aromatic heterocycles. The lowest BCUT2D eigenvalue weighted by Crippen LogP contribution is -2.46. The summed E-state index contributed by atoms with van der Waals surface area (Å²) >= 11 is 5.83. The number of carbonyl (C=O) groups is 1. The van der Waals surface area contributed by atoms with E-state index in [0.717, 1.165) is 5.56 Å². The minimum absolute atomic E-state index is 0.220. The molecule has 0 atom stereocenters. The molecule has 0 spiro atoms. The molecule has 4 heteroatoms. The van der Waals surface area contributed by atoms with Crippen molar-refractivity contribution in [1.82, 2.24) is 10.6 Å². The maximum Gasteiger partial charge on any atom is 0.315 e. The number of amides is 2. The van der Waals surface area contributed by atoms with E-state index in [1.165, 1.54) is 0 Å². The van der Waals surface area contributed by atoms with E-state index in [1.807, 2.05) is 32.9 Å². The van der Waals surface area contributed by atoms with Crippen LogP contribution in [-0.4, -0.2) is 18.1 Å². The molecule has 0 saturated carbocycles. The molecular formula is C14H17ClN2O. The minimum atomic E-state index is -0.246. The van der Waals surface area contributed by atoms with Crippen LogP contribution in [0.3, 0.4) is 0 Å². The standard InChI is InChI=1S/C14H17ClN2O/c1-14(2,3)17-13(18)16-9-5-7-11-6-4-8-12(15)10-11/h4,6,8,10H,9H2,1-3H3,(H2,16,17,18). The monoisotopic (exact) mass is 264 g/mol. The SMILES string of the molecule is CC(C)(C)NC(=O)NCC#Cc1cccc(Cl)c1. The van der Waals surface area contributed by atoms with Gasteiger partial charge < -0.3 is 10.6 Å². The van der Waals surface area contributed by atoms with Crippen molar-refractivity contribution in [2.75, 3.05) is 6.54 Å². The summed E-state index contributed by atoms with van der Waals surface area (Å²) < 4.78 is 0. The molecule has 1 rings (SSSR count). The molecule has 18 heavy (non-hydrogen) atoms. The Kier molecular flexibility index (Phi) is 5.06. The van der Waals surface area contributed by atoms with Crippen LogP contribution in [0.1, 0.15) is 26.3 Å². The maximum atomic E-state index is 11.4. The quantitative estimate of drug-likeness (QED) is 0.753. The van der Waals surface area contributed by atoms with Crippen LogP contribution in [0.4, 0.5) is 4.79 Å². The highest BCUT2D eigenvalue weighted by molar-refractivity contribution is 6.30. The summed E-state index contributed by atoms with van der Waals surface area (Å²) in [5.41, 5.74) is 0.588. The van der Waals surface area contributed by atoms with Crippen LogP contribution in [0, 0.1) is 11.8 Å². The molecule has 0 unspecified atom stereocenters. The van der Waals surface area contributed by atoms with E-state index in [4.69, 9.17) is 11.6 Å². The topological polar surface area (TPSA) is 41.1 Å². The summed E-state index contributed by atoms with van der Waals surface area (Å²) in [4.78, 5) is 11.4. The zero-order valence-electron chi connectivity index (χ0n) is 10.8. The largest absolute Gasteiger partial charge is 0.334 e. The highest BCUT2D eigenvalue weighted by atomic mass is 35.5. The Labute approximate surface area is 113 Å². The zero-order valence-corrected chi connectivity index (χ0v) is 11.6. The van der Waals surface area contributed by atoms with Crippen molar-refractivity contribution in [3.8, 4) is 11.8 Å². The van der Waals surface area contributed by atoms with E-state index in [9.17, 15) is 4.79 Å². The van der Waals surface area contributed by atoms with Crippen LogP contribution in [0.2, 0.25) is 5.02 Å². The average Bonchev–Trinajstić information content (AvgIpc) is 2.22. The van der Waals surface area contributed by atoms with Crippen LogP contribution in [0.5, 0.6) is 0 Å². The molecule has 0 aliphatic heterocycles. The first-order valence-corrected chi connectivity index (χ1v) is 6.05. The number of rotatable bonds is 1. The van der Waals surface area contributed by atoms with E-state index in [0.29, 0.717) is 11.6 Å². The molecule has 0 fully saturated rings. The van der Waals surface area contributed by atoms with Crippen LogP contribution in [-0.2, 0) is 0 Å². The second-order valence-corrected chi connectivity index (χ2v) is 5.31. The lowest BCUT2D eigenvalue weighted by Gasteiger charge is -2.20. The van der Waals surface area contributed by atoms with Gasteiger partial charge in [0, 0.05) is 16.1 Å². The highest BCUT2D eigenvalue weighted by Gasteiger charge is 2.12. The van der Waals surface area contributed by atoms with Gasteiger partial charge in [-0.25, -0.2) is 4.79 Å². The average molecular weight is 265 g/mol. The van der Waals surface area contributed by atoms with Crippen LogP contribution in [0.15, 0.2) is 24.3 Å². The number of urea groups is 1. The van der Waals surface area contributed by atoms with Crippen LogP contribution < -0.4 is 10.6 Å². The van der Waals surface area contributed by atoms with Gasteiger partial charge in [0.25, 0.3) is 0 Å². The van der Waals surface area contributed by atoms with Gasteiger partial charge in [-0.2, -0.15) is 0 Å². The Bertz CT molecular complexity index is 481. The molecule has 0 heterocycles. The molecule has 0 saturated heterocycles. The van der Waals surface area contributed by atoms with Crippen molar-refractivity contribution in [2.24, 2.45) is 0 Å². The summed E-state index contributed by atoms with van der Waals surface area (Å²) in [6, 6.07) is 7.06. The van der Waals surface area contributed by atoms with Gasteiger partial charge in [-0.15, -0.1) is 0 Å². The summed E-state index contributed by atoms with van der Waals surface area (Å²) in [6.07, 6.45) is 0. The summed E-state index contributed by atoms with van der Waals surface area (Å²) in [7, 11) is 0. The van der Waals surface area contributed by atoms with Crippen molar-refractivity contribution in [1.29, 1.82) is 0 Å². The van der Waals surface area contributed by atoms with Gasteiger partial charge in [-0.3, -0.25) is 0 Å². The van der Waals surface area contributed by atoms with Gasteiger partial charge in [0.05, 0.1) is 6.54 Å². The van der Waals surface area contributed by atoms with Gasteiger partial charge in [0.15, 0.2) is 0 Å². The first-order valence-electron chi connectivity index (χ1n) is 5.67. The molecule has 0 bridgehead atoms. The number of carbonyl (C=O) groups excluding carboxylic acids is 1. The molecule has 0 aliphatic rings. The highest BCUT2D eigenvalue weighted by Crippen LogP contribution is 2.09. The van der Waals surface area contributed by atoms with Crippen molar-refractivity contribution in [3.05, 3.63) is 34.9 Å². The van der Waals surface area contributed by atoms with Crippen LogP contribution >= 0.6 is 11.6 Å². The molecule has 0 radical (unpaired) electrons. The third-order valence-electron chi connectivity index (χ3n) is 1.88. The molecule has 96 valence electrons. The Balaban J connectivity index is 2.41. The Hall–Kier alpha value is -1.66. The van der Waals surface area contributed by atoms with Gasteiger partial charge in [0.1, 0.15) is 0 Å². The predicted molar refractivity (Wildman–Crippen MR) is 74.6 cm³/mol. The Morgan fingerprint density at radius 1 is 1.39 bits per heavy atom. The van der Waals surface area contributed by atoms with Crippen molar-refractivity contribution in [3.63, 3.8) is 0 Å². The predicted octanol–water partition coefficient (Wildman–Crippen LogP) is 2.79. The summed E-state index contributed by atoms with van der Waals surface area (Å²) in [5, 5.41) is 6.11. The van der Waals surface area contributed by atoms with E-state index < -0.39 is 0 Å². The van der Waals surface area contributed by atoms with E-state index >= 15 is 0 Å². The number of halogens is 1. The van der Waals surface area contributed by atoms with Crippen LogP contribution in [0.25, 0.3) is 0 Å². The smallest absolute Gasteiger partial charge is 0.315 e. The van der Waals surface area contributed by atoms with E-state index in [-0.39, 0.29) is 11.6 Å². The fourth-order valence-corrected chi connectivity index (χ4v) is 1.41. The maximum absolute atomic E-state index is 11.4. The van der Waals surface area contributed by atoms with Crippen molar-refractivity contribution >= 4 is 17.6 Å². The lowest BCUT2D eigenvalue weighted by atomic mass is 10.1. The number of hydrogen-bond donors (Lipinski definition) is 2. The summed E-state index contributed by atoms with van der Waals surface area (Å²) in [5.74, 6) is 5.79. The minimum Gasteiger partial charge on any atom is -0.334 e. The third kappa shape index (κ3) is 6.17. The van der Waals surface area contributed by atoms with Crippen molar-refractivity contribution in [2.45, 2.75) is 26.3 Å². The second kappa shape index (κ2) is 6.32. The normalized spacial score (nSPS) is 10.2. The molecule has 2 amide bonds. The first kappa shape index (κ1) is 14.4. The zero-order chi connectivity index (χ0) is 13.6. The molecule has 0 aliphatic carbocycles. The Morgan fingerprint density at radius 2 is 2.11 bits per heavy atom. The number of hydrogen-bond acceptors (Lipinski definition) is 1. The van der Waals surface area contributed by atoms with E-state index in [2.05, 4.69) is 22.5 Å². The third-order valence-corrected chi connectivity index (χ3v) is 2.12. The molecule has 3 nitrogen and oxygen atoms in total. The second-order valence-electron chi connectivity index (χ2n) is 4.87. The first-order chi connectivity index (χ1) is 8.37. The fraction of sp³-hybridized carbons (Fsp3) is 0.357. The van der Waals surface area contributed by atoms with Gasteiger partial charge in [-0.1, -0.05) is 29.5 Å². The van der Waals surface area contributed by atoms with Crippen molar-refractivity contribution < 1.29 is 4.79 Å². The molecular weight excluding hydrogens is 248 g/mol. The molecule has 2 N–H and O–H groups in total. The van der Waals surface area contributed by atoms with Gasteiger partial charge >= 0.3 is 6.03 Å². The number of benzene rings is 1. The molecule has 1 aromatic rings. The Morgan fingerprint density at radius 3 is 2.72 bits per heavy atom. The summed E-state index contributed by atoms with van der Waals surface area (Å²) in [6.45, 7) is 6.06. The van der Waals surface area contributed by atoms with E-state index in [1.54, 1.807) is 12.1 Å².